The van der Waals surface area contributed by atoms with Crippen LogP contribution in [0, 0.1) is 0 Å². The van der Waals surface area contributed by atoms with Gasteiger partial charge in [0, 0.05) is 19.5 Å². The fourth-order valence-electron chi connectivity index (χ4n) is 0. The molecule has 0 aliphatic heterocycles. The van der Waals surface area contributed by atoms with Crippen molar-refractivity contribution in [3.05, 3.63) is 0 Å². The second kappa shape index (κ2) is 5.02. The molecule has 1 N–H and O–H groups in total. The zero-order valence-electron chi connectivity index (χ0n) is 5.03. The minimum Gasteiger partial charge on any atom is -1.00 e. The zero-order valence-corrected chi connectivity index (χ0v) is 8.76. The third-order valence-electron chi connectivity index (χ3n) is 0. The Morgan fingerprint density at radius 1 is 1.14 bits per heavy atom. The quantitative estimate of drug-likeness (QED) is 0.413. The third-order valence-corrected chi connectivity index (χ3v) is 0. The first-order valence-electron chi connectivity index (χ1n) is 1.72. The van der Waals surface area contributed by atoms with Gasteiger partial charge in [0.05, 0.1) is 5.60 Å². The molecule has 0 aliphatic carbocycles. The molecule has 0 aromatic carbocycles. The van der Waals surface area contributed by atoms with Crippen molar-refractivity contribution in [1.29, 1.82) is 0 Å². The van der Waals surface area contributed by atoms with Crippen molar-refractivity contribution >= 4 is 0 Å². The average molecular weight is 175 g/mol. The summed E-state index contributed by atoms with van der Waals surface area (Å²) in [5.74, 6) is 0. The molecule has 3 heteroatoms. The predicted molar refractivity (Wildman–Crippen MR) is 22.0 cm³/mol. The van der Waals surface area contributed by atoms with Crippen molar-refractivity contribution < 1.29 is 37.0 Å². The van der Waals surface area contributed by atoms with E-state index in [2.05, 4.69) is 0 Å². The molecule has 0 radical (unpaired) electrons. The molecular formula is C4H10ClOZn-. The number of hydrogen-bond acceptors (Lipinski definition) is 1. The molecule has 0 amide bonds. The summed E-state index contributed by atoms with van der Waals surface area (Å²) in [4.78, 5) is 0. The van der Waals surface area contributed by atoms with Gasteiger partial charge in [0.25, 0.3) is 0 Å². The molecule has 0 saturated carbocycles. The summed E-state index contributed by atoms with van der Waals surface area (Å²) in [6, 6.07) is 0. The monoisotopic (exact) mass is 173 g/mol. The first-order valence-corrected chi connectivity index (χ1v) is 1.72. The number of halogens is 1. The zero-order chi connectivity index (χ0) is 4.50. The van der Waals surface area contributed by atoms with Crippen molar-refractivity contribution in [3.8, 4) is 0 Å². The topological polar surface area (TPSA) is 20.2 Å². The Morgan fingerprint density at radius 3 is 1.14 bits per heavy atom. The average Bonchev–Trinajstić information content (AvgIpc) is 0.722. The van der Waals surface area contributed by atoms with Crippen LogP contribution in [0.3, 0.4) is 0 Å². The van der Waals surface area contributed by atoms with Crippen LogP contribution in [0.1, 0.15) is 20.8 Å². The van der Waals surface area contributed by atoms with E-state index in [0.29, 0.717) is 0 Å². The van der Waals surface area contributed by atoms with Gasteiger partial charge in [0.15, 0.2) is 0 Å². The van der Waals surface area contributed by atoms with Gasteiger partial charge in [-0.25, -0.2) is 0 Å². The molecule has 0 saturated heterocycles. The van der Waals surface area contributed by atoms with Crippen LogP contribution in [-0.2, 0) is 19.5 Å². The Labute approximate surface area is 63.7 Å². The molecule has 42 valence electrons. The minimum absolute atomic E-state index is 0. The van der Waals surface area contributed by atoms with Gasteiger partial charge in [0.1, 0.15) is 0 Å². The van der Waals surface area contributed by atoms with Gasteiger partial charge in [-0.15, -0.1) is 0 Å². The van der Waals surface area contributed by atoms with Gasteiger partial charge in [-0.05, 0) is 20.8 Å². The first-order chi connectivity index (χ1) is 2.00. The van der Waals surface area contributed by atoms with Gasteiger partial charge in [-0.1, -0.05) is 0 Å². The Balaban J connectivity index is -0.0000000800. The van der Waals surface area contributed by atoms with Crippen LogP contribution in [0.2, 0.25) is 0 Å². The van der Waals surface area contributed by atoms with Gasteiger partial charge in [-0.2, -0.15) is 0 Å². The summed E-state index contributed by atoms with van der Waals surface area (Å²) in [6.07, 6.45) is 0. The molecule has 7 heavy (non-hydrogen) atoms. The Morgan fingerprint density at radius 2 is 1.14 bits per heavy atom. The third kappa shape index (κ3) is 214. The van der Waals surface area contributed by atoms with Crippen molar-refractivity contribution in [2.24, 2.45) is 0 Å². The number of rotatable bonds is 0. The van der Waals surface area contributed by atoms with E-state index in [-0.39, 0.29) is 31.9 Å². The van der Waals surface area contributed by atoms with Crippen molar-refractivity contribution in [2.45, 2.75) is 26.4 Å². The van der Waals surface area contributed by atoms with Gasteiger partial charge in [0.2, 0.25) is 0 Å². The van der Waals surface area contributed by atoms with Gasteiger partial charge < -0.3 is 17.5 Å². The second-order valence-electron chi connectivity index (χ2n) is 2.17. The molecule has 0 spiro atoms. The van der Waals surface area contributed by atoms with Crippen LogP contribution in [-0.4, -0.2) is 10.7 Å². The van der Waals surface area contributed by atoms with E-state index in [4.69, 9.17) is 5.11 Å². The van der Waals surface area contributed by atoms with E-state index in [1.165, 1.54) is 0 Å². The van der Waals surface area contributed by atoms with Gasteiger partial charge in [-0.3, -0.25) is 0 Å². The smallest absolute Gasteiger partial charge is 0.0563 e. The van der Waals surface area contributed by atoms with Crippen molar-refractivity contribution in [3.63, 3.8) is 0 Å². The number of hydrogen-bond donors (Lipinski definition) is 1. The maximum Gasteiger partial charge on any atom is 0.0563 e. The second-order valence-corrected chi connectivity index (χ2v) is 2.17. The standard InChI is InChI=1S/C4H10O.ClH.Zn/c1-4(2,3)5;;/h5H,1-3H3;1H;/p-1. The van der Waals surface area contributed by atoms with Crippen LogP contribution >= 0.6 is 0 Å². The van der Waals surface area contributed by atoms with E-state index in [9.17, 15) is 0 Å². The minimum atomic E-state index is -0.500. The molecule has 0 unspecified atom stereocenters. The molecular weight excluding hydrogens is 165 g/mol. The molecule has 0 rings (SSSR count). The first kappa shape index (κ1) is 15.7. The molecule has 0 atom stereocenters. The van der Waals surface area contributed by atoms with Gasteiger partial charge >= 0.3 is 0 Å². The molecule has 0 aliphatic rings. The molecule has 0 aromatic rings. The Bertz CT molecular complexity index is 27.2. The van der Waals surface area contributed by atoms with Crippen LogP contribution in [0.5, 0.6) is 0 Å². The van der Waals surface area contributed by atoms with Crippen LogP contribution < -0.4 is 12.4 Å². The largest absolute Gasteiger partial charge is 1.00 e. The van der Waals surface area contributed by atoms with E-state index in [0.717, 1.165) is 0 Å². The van der Waals surface area contributed by atoms with E-state index in [1.807, 2.05) is 0 Å². The van der Waals surface area contributed by atoms with Crippen LogP contribution in [0.4, 0.5) is 0 Å². The molecule has 1 nitrogen and oxygen atoms in total. The summed E-state index contributed by atoms with van der Waals surface area (Å²) in [7, 11) is 0. The molecule has 0 fully saturated rings. The maximum absolute atomic E-state index is 8.52. The fourth-order valence-corrected chi connectivity index (χ4v) is 0. The molecule has 0 aromatic heterocycles. The number of aliphatic hydroxyl groups is 1. The normalized spacial score (nSPS) is 8.57. The summed E-state index contributed by atoms with van der Waals surface area (Å²) < 4.78 is 0. The molecule has 0 heterocycles. The van der Waals surface area contributed by atoms with E-state index < -0.39 is 5.60 Å². The Kier molecular flexibility index (Phi) is 11.2. The van der Waals surface area contributed by atoms with Crippen molar-refractivity contribution in [2.75, 3.05) is 0 Å². The summed E-state index contributed by atoms with van der Waals surface area (Å²) in [5.41, 5.74) is -0.500. The van der Waals surface area contributed by atoms with E-state index in [1.54, 1.807) is 20.8 Å². The van der Waals surface area contributed by atoms with E-state index >= 15 is 0 Å². The summed E-state index contributed by atoms with van der Waals surface area (Å²) in [5, 5.41) is 8.52. The van der Waals surface area contributed by atoms with Crippen molar-refractivity contribution in [1.82, 2.24) is 0 Å². The maximum atomic E-state index is 8.52. The van der Waals surface area contributed by atoms with Crippen LogP contribution in [0.25, 0.3) is 0 Å². The summed E-state index contributed by atoms with van der Waals surface area (Å²) in [6.45, 7) is 5.23. The predicted octanol–water partition coefficient (Wildman–Crippen LogP) is -2.22. The van der Waals surface area contributed by atoms with Crippen LogP contribution in [0.15, 0.2) is 0 Å². The SMILES string of the molecule is CC(C)(C)O.[Cl-].[Zn]. The Hall–Kier alpha value is 0.873. The fraction of sp³-hybridized carbons (Fsp3) is 1.00. The molecule has 0 bridgehead atoms. The summed E-state index contributed by atoms with van der Waals surface area (Å²) >= 11 is 0.